The summed E-state index contributed by atoms with van der Waals surface area (Å²) < 4.78 is 0. The maximum atomic E-state index is 9.94. The normalized spacial score (nSPS) is 21.2. The minimum atomic E-state index is -0.658. The van der Waals surface area contributed by atoms with Crippen LogP contribution < -0.4 is 5.73 Å². The first-order valence-electron chi connectivity index (χ1n) is 7.12. The molecule has 3 atom stereocenters. The van der Waals surface area contributed by atoms with E-state index >= 15 is 0 Å². The zero-order valence-electron chi connectivity index (χ0n) is 12.1. The van der Waals surface area contributed by atoms with Gasteiger partial charge in [-0.25, -0.2) is 0 Å². The molecule has 1 aliphatic carbocycles. The number of rotatable bonds is 6. The molecule has 1 rings (SSSR count). The highest BCUT2D eigenvalue weighted by molar-refractivity contribution is 5.85. The first kappa shape index (κ1) is 21.8. The Labute approximate surface area is 130 Å². The first-order valence-corrected chi connectivity index (χ1v) is 7.12. The summed E-state index contributed by atoms with van der Waals surface area (Å²) in [5.74, 6) is 0.954. The molecule has 0 aromatic carbocycles. The van der Waals surface area contributed by atoms with Crippen LogP contribution in [0.25, 0.3) is 0 Å². The third-order valence-corrected chi connectivity index (χ3v) is 3.93. The summed E-state index contributed by atoms with van der Waals surface area (Å²) in [7, 11) is 0. The van der Waals surface area contributed by atoms with Gasteiger partial charge in [-0.3, -0.25) is 0 Å². The molecule has 1 aliphatic rings. The number of nitrogens with two attached hydrogens (primary N) is 1. The van der Waals surface area contributed by atoms with Gasteiger partial charge in [-0.1, -0.05) is 33.1 Å². The fourth-order valence-electron chi connectivity index (χ4n) is 2.83. The lowest BCUT2D eigenvalue weighted by Crippen LogP contribution is -2.39. The SMILES string of the molecule is CC(C)C[C@H](O)[C@H](O)C[C@H](N)C1CCCCC1.Cl.Cl. The monoisotopic (exact) mass is 315 g/mol. The molecule has 0 radical (unpaired) electrons. The molecular formula is C14H31Cl2NO2. The van der Waals surface area contributed by atoms with Crippen molar-refractivity contribution in [2.24, 2.45) is 17.6 Å². The summed E-state index contributed by atoms with van der Waals surface area (Å²) in [5.41, 5.74) is 6.15. The van der Waals surface area contributed by atoms with E-state index in [2.05, 4.69) is 13.8 Å². The Kier molecular flexibility index (Phi) is 12.8. The maximum Gasteiger partial charge on any atom is 0.0814 e. The van der Waals surface area contributed by atoms with Gasteiger partial charge in [-0.05, 0) is 37.5 Å². The summed E-state index contributed by atoms with van der Waals surface area (Å²) >= 11 is 0. The molecule has 0 aliphatic heterocycles. The minimum absolute atomic E-state index is 0. The predicted octanol–water partition coefficient (Wildman–Crippen LogP) is 2.90. The Hall–Kier alpha value is 0.460. The quantitative estimate of drug-likeness (QED) is 0.706. The zero-order valence-corrected chi connectivity index (χ0v) is 13.8. The van der Waals surface area contributed by atoms with Crippen LogP contribution in [0.2, 0.25) is 0 Å². The molecule has 0 bridgehead atoms. The molecule has 3 nitrogen and oxygen atoms in total. The number of hydrogen-bond donors (Lipinski definition) is 3. The Morgan fingerprint density at radius 1 is 0.947 bits per heavy atom. The average molecular weight is 316 g/mol. The molecule has 0 aromatic heterocycles. The molecule has 0 spiro atoms. The average Bonchev–Trinajstić information content (AvgIpc) is 2.29. The van der Waals surface area contributed by atoms with Crippen LogP contribution in [-0.4, -0.2) is 28.5 Å². The molecule has 118 valence electrons. The predicted molar refractivity (Wildman–Crippen MR) is 85.1 cm³/mol. The van der Waals surface area contributed by atoms with Crippen LogP contribution >= 0.6 is 24.8 Å². The number of halogens is 2. The molecule has 19 heavy (non-hydrogen) atoms. The van der Waals surface area contributed by atoms with E-state index < -0.39 is 12.2 Å². The second kappa shape index (κ2) is 11.2. The third kappa shape index (κ3) is 8.36. The van der Waals surface area contributed by atoms with Crippen LogP contribution in [0.5, 0.6) is 0 Å². The zero-order chi connectivity index (χ0) is 12.8. The summed E-state index contributed by atoms with van der Waals surface area (Å²) in [4.78, 5) is 0. The lowest BCUT2D eigenvalue weighted by molar-refractivity contribution is -0.00446. The molecular weight excluding hydrogens is 285 g/mol. The van der Waals surface area contributed by atoms with E-state index in [0.29, 0.717) is 24.7 Å². The highest BCUT2D eigenvalue weighted by atomic mass is 35.5. The van der Waals surface area contributed by atoms with Crippen LogP contribution in [0.1, 0.15) is 58.8 Å². The molecule has 1 fully saturated rings. The van der Waals surface area contributed by atoms with Crippen molar-refractivity contribution in [3.8, 4) is 0 Å². The van der Waals surface area contributed by atoms with Crippen LogP contribution in [0.4, 0.5) is 0 Å². The highest BCUT2D eigenvalue weighted by Gasteiger charge is 2.26. The van der Waals surface area contributed by atoms with Crippen molar-refractivity contribution in [2.75, 3.05) is 0 Å². The maximum absolute atomic E-state index is 9.94. The molecule has 0 unspecified atom stereocenters. The Morgan fingerprint density at radius 3 is 1.89 bits per heavy atom. The van der Waals surface area contributed by atoms with Crippen molar-refractivity contribution in [1.82, 2.24) is 0 Å². The van der Waals surface area contributed by atoms with Crippen molar-refractivity contribution in [2.45, 2.75) is 77.0 Å². The van der Waals surface area contributed by atoms with Crippen LogP contribution in [0.15, 0.2) is 0 Å². The van der Waals surface area contributed by atoms with Gasteiger partial charge < -0.3 is 15.9 Å². The topological polar surface area (TPSA) is 66.5 Å². The van der Waals surface area contributed by atoms with E-state index in [-0.39, 0.29) is 30.9 Å². The van der Waals surface area contributed by atoms with Crippen molar-refractivity contribution in [1.29, 1.82) is 0 Å². The van der Waals surface area contributed by atoms with Crippen molar-refractivity contribution in [3.63, 3.8) is 0 Å². The molecule has 0 aromatic rings. The van der Waals surface area contributed by atoms with E-state index in [1.54, 1.807) is 0 Å². The smallest absolute Gasteiger partial charge is 0.0814 e. The van der Waals surface area contributed by atoms with Gasteiger partial charge in [-0.2, -0.15) is 0 Å². The minimum Gasteiger partial charge on any atom is -0.390 e. The van der Waals surface area contributed by atoms with Gasteiger partial charge in [0.05, 0.1) is 12.2 Å². The summed E-state index contributed by atoms with van der Waals surface area (Å²) in [6, 6.07) is 0.0483. The first-order chi connectivity index (χ1) is 8.00. The molecule has 0 amide bonds. The largest absolute Gasteiger partial charge is 0.390 e. The van der Waals surface area contributed by atoms with Crippen molar-refractivity contribution < 1.29 is 10.2 Å². The van der Waals surface area contributed by atoms with Gasteiger partial charge in [0.2, 0.25) is 0 Å². The molecule has 1 saturated carbocycles. The second-order valence-corrected chi connectivity index (χ2v) is 6.06. The van der Waals surface area contributed by atoms with Crippen LogP contribution in [0, 0.1) is 11.8 Å². The Bertz CT molecular complexity index is 212. The van der Waals surface area contributed by atoms with E-state index in [0.717, 1.165) is 0 Å². The molecule has 4 N–H and O–H groups in total. The van der Waals surface area contributed by atoms with E-state index in [4.69, 9.17) is 5.73 Å². The van der Waals surface area contributed by atoms with Gasteiger partial charge in [0.25, 0.3) is 0 Å². The molecule has 0 heterocycles. The lowest BCUT2D eigenvalue weighted by Gasteiger charge is -2.30. The second-order valence-electron chi connectivity index (χ2n) is 6.06. The van der Waals surface area contributed by atoms with E-state index in [1.165, 1.54) is 32.1 Å². The Balaban J connectivity index is 0. The van der Waals surface area contributed by atoms with Crippen LogP contribution in [0.3, 0.4) is 0 Å². The third-order valence-electron chi connectivity index (χ3n) is 3.93. The van der Waals surface area contributed by atoms with E-state index in [9.17, 15) is 10.2 Å². The highest BCUT2D eigenvalue weighted by Crippen LogP contribution is 2.27. The standard InChI is InChI=1S/C14H29NO2.2ClH/c1-10(2)8-13(16)14(17)9-12(15)11-6-4-3-5-7-11;;/h10-14,16-17H,3-9,15H2,1-2H3;2*1H/t12-,13-,14+;;/m0../s1. The number of hydrogen-bond acceptors (Lipinski definition) is 3. The summed E-state index contributed by atoms with van der Waals surface area (Å²) in [6.45, 7) is 4.11. The lowest BCUT2D eigenvalue weighted by atomic mass is 9.81. The molecule has 5 heteroatoms. The van der Waals surface area contributed by atoms with Gasteiger partial charge in [0.1, 0.15) is 0 Å². The van der Waals surface area contributed by atoms with Gasteiger partial charge in [0.15, 0.2) is 0 Å². The Morgan fingerprint density at radius 2 is 1.42 bits per heavy atom. The van der Waals surface area contributed by atoms with E-state index in [1.807, 2.05) is 0 Å². The fourth-order valence-corrected chi connectivity index (χ4v) is 2.83. The van der Waals surface area contributed by atoms with Gasteiger partial charge >= 0.3 is 0 Å². The van der Waals surface area contributed by atoms with Crippen molar-refractivity contribution in [3.05, 3.63) is 0 Å². The molecule has 0 saturated heterocycles. The summed E-state index contributed by atoms with van der Waals surface area (Å²) in [6.07, 6.45) is 6.15. The van der Waals surface area contributed by atoms with Crippen molar-refractivity contribution >= 4 is 24.8 Å². The van der Waals surface area contributed by atoms with Gasteiger partial charge in [-0.15, -0.1) is 24.8 Å². The van der Waals surface area contributed by atoms with Gasteiger partial charge in [0, 0.05) is 6.04 Å². The summed E-state index contributed by atoms with van der Waals surface area (Å²) in [5, 5.41) is 19.8. The van der Waals surface area contributed by atoms with Crippen LogP contribution in [-0.2, 0) is 0 Å². The number of aliphatic hydroxyl groups excluding tert-OH is 2. The fraction of sp³-hybridized carbons (Fsp3) is 1.00. The number of aliphatic hydroxyl groups is 2.